The standard InChI is InChI=1S/C18H20Cl2N2O6/c1-2-12(22(26)27)10-11-4-5-13(16(20)15(11)19)28-18(7-3-8-18)17(25)21-9-6-14(23)24/h4-5,10H,2-3,6-9H2,1H3,(H,21,25)(H,23,24). The largest absolute Gasteiger partial charge is 0.481 e. The van der Waals surface area contributed by atoms with Crippen molar-refractivity contribution in [2.45, 2.75) is 44.6 Å². The molecule has 1 aromatic rings. The van der Waals surface area contributed by atoms with Gasteiger partial charge in [0.25, 0.3) is 5.91 Å². The van der Waals surface area contributed by atoms with E-state index in [-0.39, 0.29) is 40.9 Å². The summed E-state index contributed by atoms with van der Waals surface area (Å²) in [6.45, 7) is 1.66. The second-order valence-electron chi connectivity index (χ2n) is 6.38. The molecule has 8 nitrogen and oxygen atoms in total. The Morgan fingerprint density at radius 3 is 2.54 bits per heavy atom. The number of hydrogen-bond donors (Lipinski definition) is 2. The van der Waals surface area contributed by atoms with Gasteiger partial charge in [0, 0.05) is 24.6 Å². The second-order valence-corrected chi connectivity index (χ2v) is 7.13. The average Bonchev–Trinajstić information content (AvgIpc) is 2.60. The topological polar surface area (TPSA) is 119 Å². The molecule has 1 fully saturated rings. The molecule has 2 rings (SSSR count). The summed E-state index contributed by atoms with van der Waals surface area (Å²) in [6.07, 6.45) is 3.08. The third kappa shape index (κ3) is 4.94. The lowest BCUT2D eigenvalue weighted by Gasteiger charge is -2.40. The Balaban J connectivity index is 2.21. The summed E-state index contributed by atoms with van der Waals surface area (Å²) in [5, 5.41) is 22.4. The van der Waals surface area contributed by atoms with Gasteiger partial charge in [-0.2, -0.15) is 0 Å². The molecule has 1 aliphatic carbocycles. The molecule has 1 aromatic carbocycles. The van der Waals surface area contributed by atoms with E-state index in [1.807, 2.05) is 0 Å². The summed E-state index contributed by atoms with van der Waals surface area (Å²) in [4.78, 5) is 33.6. The number of ether oxygens (including phenoxy) is 1. The van der Waals surface area contributed by atoms with E-state index >= 15 is 0 Å². The quantitative estimate of drug-likeness (QED) is 0.452. The molecule has 152 valence electrons. The smallest absolute Gasteiger partial charge is 0.305 e. The van der Waals surface area contributed by atoms with E-state index in [2.05, 4.69) is 5.32 Å². The molecule has 2 N–H and O–H groups in total. The van der Waals surface area contributed by atoms with Crippen molar-refractivity contribution < 1.29 is 24.4 Å². The monoisotopic (exact) mass is 430 g/mol. The summed E-state index contributed by atoms with van der Waals surface area (Å²) < 4.78 is 5.87. The molecule has 0 radical (unpaired) electrons. The third-order valence-electron chi connectivity index (χ3n) is 4.50. The van der Waals surface area contributed by atoms with Crippen LogP contribution in [0.15, 0.2) is 17.8 Å². The molecule has 1 amide bonds. The highest BCUT2D eigenvalue weighted by molar-refractivity contribution is 6.43. The van der Waals surface area contributed by atoms with Crippen LogP contribution in [0, 0.1) is 10.1 Å². The molecule has 1 saturated carbocycles. The lowest BCUT2D eigenvalue weighted by molar-refractivity contribution is -0.425. The number of nitro groups is 1. The van der Waals surface area contributed by atoms with Crippen LogP contribution >= 0.6 is 23.2 Å². The number of rotatable bonds is 9. The third-order valence-corrected chi connectivity index (χ3v) is 5.38. The van der Waals surface area contributed by atoms with Crippen molar-refractivity contribution >= 4 is 41.2 Å². The van der Waals surface area contributed by atoms with Crippen LogP contribution in [0.25, 0.3) is 6.08 Å². The van der Waals surface area contributed by atoms with Crippen LogP contribution < -0.4 is 10.1 Å². The predicted molar refractivity (Wildman–Crippen MR) is 104 cm³/mol. The fraction of sp³-hybridized carbons (Fsp3) is 0.444. The highest BCUT2D eigenvalue weighted by Gasteiger charge is 2.47. The first kappa shape index (κ1) is 22.0. The molecule has 0 aromatic heterocycles. The minimum Gasteiger partial charge on any atom is -0.481 e. The maximum Gasteiger partial charge on any atom is 0.305 e. The first-order valence-corrected chi connectivity index (χ1v) is 9.48. The van der Waals surface area contributed by atoms with Crippen LogP contribution in [0.4, 0.5) is 0 Å². The van der Waals surface area contributed by atoms with Crippen LogP contribution in [0.3, 0.4) is 0 Å². The maximum atomic E-state index is 12.5. The summed E-state index contributed by atoms with van der Waals surface area (Å²) in [5.41, 5.74) is -0.765. The minimum absolute atomic E-state index is 0.00180. The molecular weight excluding hydrogens is 411 g/mol. The number of halogens is 2. The van der Waals surface area contributed by atoms with Gasteiger partial charge in [-0.1, -0.05) is 30.1 Å². The normalized spacial score (nSPS) is 15.5. The van der Waals surface area contributed by atoms with Crippen LogP contribution in [-0.4, -0.2) is 34.1 Å². The molecular formula is C18H20Cl2N2O6. The Morgan fingerprint density at radius 2 is 2.04 bits per heavy atom. The van der Waals surface area contributed by atoms with Gasteiger partial charge in [0.1, 0.15) is 10.8 Å². The average molecular weight is 431 g/mol. The first-order chi connectivity index (χ1) is 13.2. The number of nitrogens with zero attached hydrogens (tertiary/aromatic N) is 1. The number of aliphatic carboxylic acids is 1. The first-order valence-electron chi connectivity index (χ1n) is 8.72. The molecule has 0 aliphatic heterocycles. The van der Waals surface area contributed by atoms with Crippen LogP contribution in [-0.2, 0) is 9.59 Å². The van der Waals surface area contributed by atoms with Gasteiger partial charge in [-0.05, 0) is 31.4 Å². The van der Waals surface area contributed by atoms with Gasteiger partial charge in [-0.3, -0.25) is 19.7 Å². The summed E-state index contributed by atoms with van der Waals surface area (Å²) in [5.74, 6) is -1.22. The SMILES string of the molecule is CCC(=Cc1ccc(OC2(C(=O)NCCC(=O)O)CCC2)c(Cl)c1Cl)[N+](=O)[O-]. The van der Waals surface area contributed by atoms with Crippen molar-refractivity contribution in [3.05, 3.63) is 43.6 Å². The molecule has 0 bridgehead atoms. The van der Waals surface area contributed by atoms with E-state index in [1.165, 1.54) is 18.2 Å². The van der Waals surface area contributed by atoms with Crippen LogP contribution in [0.2, 0.25) is 10.0 Å². The van der Waals surface area contributed by atoms with Gasteiger partial charge in [-0.25, -0.2) is 0 Å². The van der Waals surface area contributed by atoms with E-state index < -0.39 is 22.4 Å². The zero-order valence-corrected chi connectivity index (χ0v) is 16.7. The Morgan fingerprint density at radius 1 is 1.36 bits per heavy atom. The zero-order valence-electron chi connectivity index (χ0n) is 15.2. The number of allylic oxidation sites excluding steroid dienone is 1. The van der Waals surface area contributed by atoms with Gasteiger partial charge in [0.15, 0.2) is 5.60 Å². The number of hydrogen-bond acceptors (Lipinski definition) is 5. The molecule has 0 heterocycles. The Bertz CT molecular complexity index is 821. The van der Waals surface area contributed by atoms with Crippen molar-refractivity contribution in [2.24, 2.45) is 0 Å². The number of amides is 1. The number of carboxylic acids is 1. The summed E-state index contributed by atoms with van der Waals surface area (Å²) >= 11 is 12.5. The highest BCUT2D eigenvalue weighted by Crippen LogP contribution is 2.42. The molecule has 0 atom stereocenters. The number of carbonyl (C=O) groups excluding carboxylic acids is 1. The fourth-order valence-corrected chi connectivity index (χ4v) is 3.15. The van der Waals surface area contributed by atoms with Crippen molar-refractivity contribution in [2.75, 3.05) is 6.54 Å². The predicted octanol–water partition coefficient (Wildman–Crippen LogP) is 3.91. The number of carbonyl (C=O) groups is 2. The Hall–Kier alpha value is -2.32. The Labute approximate surface area is 171 Å². The summed E-state index contributed by atoms with van der Waals surface area (Å²) in [7, 11) is 0. The van der Waals surface area contributed by atoms with Gasteiger partial charge < -0.3 is 15.2 Å². The molecule has 0 saturated heterocycles. The van der Waals surface area contributed by atoms with Gasteiger partial charge in [0.05, 0.1) is 16.4 Å². The van der Waals surface area contributed by atoms with Crippen molar-refractivity contribution in [3.8, 4) is 5.75 Å². The molecule has 1 aliphatic rings. The number of benzene rings is 1. The number of nitrogens with one attached hydrogen (secondary N) is 1. The molecule has 0 spiro atoms. The van der Waals surface area contributed by atoms with E-state index in [4.69, 9.17) is 33.0 Å². The molecule has 10 heteroatoms. The van der Waals surface area contributed by atoms with Gasteiger partial charge in [-0.15, -0.1) is 0 Å². The van der Waals surface area contributed by atoms with E-state index in [9.17, 15) is 19.7 Å². The summed E-state index contributed by atoms with van der Waals surface area (Å²) in [6, 6.07) is 3.05. The maximum absolute atomic E-state index is 12.5. The lowest BCUT2D eigenvalue weighted by atomic mass is 9.79. The van der Waals surface area contributed by atoms with Gasteiger partial charge >= 0.3 is 5.97 Å². The highest BCUT2D eigenvalue weighted by atomic mass is 35.5. The van der Waals surface area contributed by atoms with E-state index in [1.54, 1.807) is 6.92 Å². The minimum atomic E-state index is -1.13. The zero-order chi connectivity index (χ0) is 20.9. The fourth-order valence-electron chi connectivity index (χ4n) is 2.73. The van der Waals surface area contributed by atoms with Crippen molar-refractivity contribution in [1.82, 2.24) is 5.32 Å². The van der Waals surface area contributed by atoms with Crippen molar-refractivity contribution in [1.29, 1.82) is 0 Å². The lowest BCUT2D eigenvalue weighted by Crippen LogP contribution is -2.56. The van der Waals surface area contributed by atoms with E-state index in [0.717, 1.165) is 6.42 Å². The van der Waals surface area contributed by atoms with E-state index in [0.29, 0.717) is 18.4 Å². The van der Waals surface area contributed by atoms with Gasteiger partial charge in [0.2, 0.25) is 5.70 Å². The van der Waals surface area contributed by atoms with Crippen molar-refractivity contribution in [3.63, 3.8) is 0 Å². The molecule has 28 heavy (non-hydrogen) atoms. The Kier molecular flexibility index (Phi) is 7.26. The molecule has 0 unspecified atom stereocenters. The number of carboxylic acid groups (broad SMARTS) is 1. The van der Waals surface area contributed by atoms with Crippen LogP contribution in [0.5, 0.6) is 5.75 Å². The van der Waals surface area contributed by atoms with Crippen LogP contribution in [0.1, 0.15) is 44.6 Å². The second kappa shape index (κ2) is 9.25.